The van der Waals surface area contributed by atoms with Crippen LogP contribution in [0.25, 0.3) is 0 Å². The third-order valence-corrected chi connectivity index (χ3v) is 9.37. The van der Waals surface area contributed by atoms with Gasteiger partial charge in [0.15, 0.2) is 10.8 Å². The van der Waals surface area contributed by atoms with E-state index < -0.39 is 23.6 Å². The summed E-state index contributed by atoms with van der Waals surface area (Å²) in [6.07, 6.45) is 2.33. The lowest BCUT2D eigenvalue weighted by Crippen LogP contribution is -2.53. The highest BCUT2D eigenvalue weighted by molar-refractivity contribution is 7.11. The van der Waals surface area contributed by atoms with Gasteiger partial charge in [-0.1, -0.05) is 17.7 Å². The maximum Gasteiger partial charge on any atom is 0.338 e. The number of nitrogens with zero attached hydrogens (tertiary/aromatic N) is 5. The van der Waals surface area contributed by atoms with Crippen molar-refractivity contribution in [1.82, 2.24) is 20.1 Å². The fourth-order valence-electron chi connectivity index (χ4n) is 6.08. The van der Waals surface area contributed by atoms with E-state index in [2.05, 4.69) is 15.2 Å². The molecule has 14 heteroatoms. The number of ether oxygens (including phenoxy) is 1. The average molecular weight is 669 g/mol. The number of carbonyl (C=O) groups excluding carboxylic acids is 3. The van der Waals surface area contributed by atoms with Crippen LogP contribution in [0.1, 0.15) is 35.5 Å². The first-order valence-corrected chi connectivity index (χ1v) is 16.0. The molecule has 2 saturated heterocycles. The molecule has 3 aliphatic heterocycles. The highest BCUT2D eigenvalue weighted by atomic mass is 35.5. The number of amidine groups is 1. The fraction of sp³-hybridized carbons (Fsp3) is 0.344. The Bertz CT molecular complexity index is 1750. The zero-order chi connectivity index (χ0) is 32.5. The summed E-state index contributed by atoms with van der Waals surface area (Å²) in [6.45, 7) is 3.55. The zero-order valence-corrected chi connectivity index (χ0v) is 26.7. The van der Waals surface area contributed by atoms with Crippen molar-refractivity contribution >= 4 is 52.2 Å². The third kappa shape index (κ3) is 6.53. The van der Waals surface area contributed by atoms with Crippen molar-refractivity contribution in [3.8, 4) is 0 Å². The van der Waals surface area contributed by atoms with Gasteiger partial charge in [0.2, 0.25) is 0 Å². The molecule has 0 aliphatic carbocycles. The molecule has 4 heterocycles. The number of aryl methyl sites for hydroxylation is 1. The van der Waals surface area contributed by atoms with E-state index in [1.807, 2.05) is 5.38 Å². The second-order valence-corrected chi connectivity index (χ2v) is 12.7. The molecule has 46 heavy (non-hydrogen) atoms. The first-order chi connectivity index (χ1) is 22.1. The fourth-order valence-corrected chi connectivity index (χ4v) is 6.93. The molecule has 240 valence electrons. The van der Waals surface area contributed by atoms with E-state index in [9.17, 15) is 23.2 Å². The molecule has 0 unspecified atom stereocenters. The number of ketones is 1. The van der Waals surface area contributed by atoms with Crippen LogP contribution in [0.5, 0.6) is 0 Å². The summed E-state index contributed by atoms with van der Waals surface area (Å²) in [4.78, 5) is 52.9. The quantitative estimate of drug-likeness (QED) is 0.328. The molecule has 0 saturated carbocycles. The Morgan fingerprint density at radius 2 is 1.96 bits per heavy atom. The van der Waals surface area contributed by atoms with Crippen molar-refractivity contribution < 1.29 is 27.9 Å². The number of benzene rings is 2. The SMILES string of the molecule is COC(=O)C1=C(CN2CCN3C(=O)N(c4cc(F)cc(CCC(C)=O)c4)C[C@@H]3C2)NC(c2nccs2)=N[C@H]1c1ccc(F)cc1Cl. The number of esters is 1. The minimum atomic E-state index is -0.884. The average Bonchev–Trinajstić information content (AvgIpc) is 3.68. The number of piperazine rings is 1. The molecule has 2 atom stereocenters. The molecule has 2 aromatic carbocycles. The van der Waals surface area contributed by atoms with Gasteiger partial charge in [-0.15, -0.1) is 11.3 Å². The first kappa shape index (κ1) is 31.8. The number of carbonyl (C=O) groups is 3. The summed E-state index contributed by atoms with van der Waals surface area (Å²) >= 11 is 7.84. The maximum absolute atomic E-state index is 14.6. The smallest absolute Gasteiger partial charge is 0.338 e. The lowest BCUT2D eigenvalue weighted by molar-refractivity contribution is -0.136. The maximum atomic E-state index is 14.6. The zero-order valence-electron chi connectivity index (χ0n) is 25.1. The Kier molecular flexibility index (Phi) is 9.16. The van der Waals surface area contributed by atoms with Crippen LogP contribution in [0.15, 0.2) is 64.2 Å². The number of hydrogen-bond donors (Lipinski definition) is 1. The summed E-state index contributed by atoms with van der Waals surface area (Å²) in [7, 11) is 1.28. The topological polar surface area (TPSA) is 107 Å². The van der Waals surface area contributed by atoms with Gasteiger partial charge in [-0.2, -0.15) is 0 Å². The molecule has 2 fully saturated rings. The van der Waals surface area contributed by atoms with E-state index in [0.29, 0.717) is 72.4 Å². The second kappa shape index (κ2) is 13.3. The van der Waals surface area contributed by atoms with E-state index in [4.69, 9.17) is 21.3 Å². The van der Waals surface area contributed by atoms with E-state index in [1.165, 1.54) is 55.7 Å². The van der Waals surface area contributed by atoms with Gasteiger partial charge in [0.05, 0.1) is 18.7 Å². The molecule has 0 radical (unpaired) electrons. The summed E-state index contributed by atoms with van der Waals surface area (Å²) in [5, 5.41) is 5.83. The third-order valence-electron chi connectivity index (χ3n) is 8.26. The van der Waals surface area contributed by atoms with E-state index in [0.717, 1.165) is 0 Å². The van der Waals surface area contributed by atoms with Crippen LogP contribution in [-0.4, -0.2) is 84.3 Å². The standard InChI is InChI=1S/C32H31ClF2N6O4S/c1-18(42)3-4-19-11-21(35)13-22(12-19)41-16-23-15-39(8-9-40(23)32(41)44)17-26-27(31(43)45-2)28(24-6-5-20(34)14-25(24)33)38-29(37-26)30-36-7-10-46-30/h5-7,10-14,23,28H,3-4,8-9,15-17H2,1-2H3,(H,37,38)/t23-,28-/m0/s1. The number of Topliss-reactive ketones (excluding diaryl/α,β-unsaturated/α-hetero) is 1. The van der Waals surface area contributed by atoms with Crippen molar-refractivity contribution in [2.75, 3.05) is 44.7 Å². The Hall–Kier alpha value is -4.20. The van der Waals surface area contributed by atoms with Crippen molar-refractivity contribution in [3.63, 3.8) is 0 Å². The van der Waals surface area contributed by atoms with Gasteiger partial charge in [-0.05, 0) is 49.2 Å². The van der Waals surface area contributed by atoms with E-state index >= 15 is 0 Å². The number of fused-ring (bicyclic) bond motifs is 1. The summed E-state index contributed by atoms with van der Waals surface area (Å²) in [5.74, 6) is -1.14. The van der Waals surface area contributed by atoms with Crippen molar-refractivity contribution in [2.24, 2.45) is 4.99 Å². The van der Waals surface area contributed by atoms with Gasteiger partial charge >= 0.3 is 12.0 Å². The number of nitrogens with one attached hydrogen (secondary N) is 1. The predicted molar refractivity (Wildman–Crippen MR) is 170 cm³/mol. The van der Waals surface area contributed by atoms with Gasteiger partial charge < -0.3 is 19.7 Å². The van der Waals surface area contributed by atoms with Crippen molar-refractivity contribution in [2.45, 2.75) is 31.8 Å². The summed E-state index contributed by atoms with van der Waals surface area (Å²) in [5.41, 5.74) is 2.32. The van der Waals surface area contributed by atoms with Gasteiger partial charge in [-0.25, -0.2) is 23.4 Å². The first-order valence-electron chi connectivity index (χ1n) is 14.7. The van der Waals surface area contributed by atoms with Crippen molar-refractivity contribution in [1.29, 1.82) is 0 Å². The summed E-state index contributed by atoms with van der Waals surface area (Å²) < 4.78 is 33.7. The number of hydrogen-bond acceptors (Lipinski definition) is 9. The molecule has 3 aliphatic rings. The number of aromatic nitrogens is 1. The molecule has 1 N–H and O–H groups in total. The minimum absolute atomic E-state index is 0.00957. The molecule has 10 nitrogen and oxygen atoms in total. The van der Waals surface area contributed by atoms with Crippen LogP contribution in [0.2, 0.25) is 5.02 Å². The Morgan fingerprint density at radius 1 is 1.13 bits per heavy atom. The minimum Gasteiger partial charge on any atom is -0.466 e. The van der Waals surface area contributed by atoms with Gasteiger partial charge in [0.1, 0.15) is 23.5 Å². The second-order valence-electron chi connectivity index (χ2n) is 11.4. The van der Waals surface area contributed by atoms with E-state index in [-0.39, 0.29) is 35.0 Å². The largest absolute Gasteiger partial charge is 0.466 e. The molecule has 0 bridgehead atoms. The van der Waals surface area contributed by atoms with Crippen LogP contribution in [0.3, 0.4) is 0 Å². The molecule has 3 aromatic rings. The normalized spacial score (nSPS) is 20.0. The number of rotatable bonds is 9. The monoisotopic (exact) mass is 668 g/mol. The number of methoxy groups -OCH3 is 1. The van der Waals surface area contributed by atoms with Crippen LogP contribution in [0, 0.1) is 11.6 Å². The van der Waals surface area contributed by atoms with Crippen LogP contribution < -0.4 is 10.2 Å². The van der Waals surface area contributed by atoms with Crippen LogP contribution in [-0.2, 0) is 20.7 Å². The highest BCUT2D eigenvalue weighted by Crippen LogP contribution is 2.37. The van der Waals surface area contributed by atoms with Gasteiger partial charge in [-0.3, -0.25) is 14.8 Å². The lowest BCUT2D eigenvalue weighted by Gasteiger charge is -2.38. The predicted octanol–water partition coefficient (Wildman–Crippen LogP) is 4.74. The van der Waals surface area contributed by atoms with Gasteiger partial charge in [0, 0.05) is 72.7 Å². The highest BCUT2D eigenvalue weighted by Gasteiger charge is 2.42. The number of anilines is 1. The van der Waals surface area contributed by atoms with Gasteiger partial charge in [0.25, 0.3) is 0 Å². The lowest BCUT2D eigenvalue weighted by atomic mass is 9.95. The molecular weight excluding hydrogens is 638 g/mol. The molecule has 1 aromatic heterocycles. The number of thiazole rings is 1. The number of amides is 2. The molecule has 2 amide bonds. The van der Waals surface area contributed by atoms with E-state index in [1.54, 1.807) is 22.1 Å². The number of aliphatic imine (C=N–C) groups is 1. The Balaban J connectivity index is 1.27. The number of urea groups is 1. The molecule has 6 rings (SSSR count). The van der Waals surface area contributed by atoms with Crippen LogP contribution in [0.4, 0.5) is 19.3 Å². The summed E-state index contributed by atoms with van der Waals surface area (Å²) in [6, 6.07) is 7.17. The molecule has 0 spiro atoms. The van der Waals surface area contributed by atoms with Crippen molar-refractivity contribution in [3.05, 3.63) is 92.0 Å². The number of halogens is 3. The molecular formula is C32H31ClF2N6O4S. The van der Waals surface area contributed by atoms with Crippen LogP contribution >= 0.6 is 22.9 Å². The Morgan fingerprint density at radius 3 is 2.67 bits per heavy atom. The Labute approximate surface area is 273 Å².